The predicted molar refractivity (Wildman–Crippen MR) is 91.5 cm³/mol. The van der Waals surface area contributed by atoms with E-state index >= 15 is 0 Å². The molecule has 3 aromatic rings. The van der Waals surface area contributed by atoms with Crippen LogP contribution >= 0.6 is 0 Å². The van der Waals surface area contributed by atoms with Crippen molar-refractivity contribution >= 4 is 17.1 Å². The first-order chi connectivity index (χ1) is 12.6. The molecule has 1 N–H and O–H groups in total. The van der Waals surface area contributed by atoms with Gasteiger partial charge in [-0.1, -0.05) is 5.16 Å². The van der Waals surface area contributed by atoms with Gasteiger partial charge >= 0.3 is 0 Å². The van der Waals surface area contributed by atoms with Gasteiger partial charge in [0.25, 0.3) is 11.8 Å². The van der Waals surface area contributed by atoms with Gasteiger partial charge < -0.3 is 19.1 Å². The second-order valence-corrected chi connectivity index (χ2v) is 6.31. The Morgan fingerprint density at radius 2 is 2.31 bits per heavy atom. The molecule has 136 valence electrons. The highest BCUT2D eigenvalue weighted by molar-refractivity contribution is 6.04. The third kappa shape index (κ3) is 3.05. The van der Waals surface area contributed by atoms with E-state index in [1.165, 1.54) is 0 Å². The molecule has 0 spiro atoms. The lowest BCUT2D eigenvalue weighted by molar-refractivity contribution is 0.0835. The molecular weight excluding hydrogens is 336 g/mol. The molecule has 1 unspecified atom stereocenters. The SMILES string of the molecule is Cc1nc2c(C(=O)NCCc3noc(C4CCCO4)n3)ccnc2n1C. The number of hydrogen-bond donors (Lipinski definition) is 1. The van der Waals surface area contributed by atoms with Crippen LogP contribution in [-0.4, -0.2) is 43.7 Å². The molecule has 9 heteroatoms. The Kier molecular flexibility index (Phi) is 4.37. The van der Waals surface area contributed by atoms with Crippen LogP contribution in [0.15, 0.2) is 16.8 Å². The van der Waals surface area contributed by atoms with Gasteiger partial charge in [-0.25, -0.2) is 9.97 Å². The van der Waals surface area contributed by atoms with Crippen molar-refractivity contribution in [2.75, 3.05) is 13.2 Å². The number of amides is 1. The van der Waals surface area contributed by atoms with E-state index in [0.29, 0.717) is 41.4 Å². The quantitative estimate of drug-likeness (QED) is 0.737. The zero-order valence-corrected chi connectivity index (χ0v) is 14.7. The van der Waals surface area contributed by atoms with Crippen LogP contribution < -0.4 is 5.32 Å². The first kappa shape index (κ1) is 16.6. The Hall–Kier alpha value is -2.81. The monoisotopic (exact) mass is 356 g/mol. The number of pyridine rings is 1. The lowest BCUT2D eigenvalue weighted by Gasteiger charge is -2.04. The maximum Gasteiger partial charge on any atom is 0.255 e. The van der Waals surface area contributed by atoms with E-state index in [0.717, 1.165) is 25.3 Å². The summed E-state index contributed by atoms with van der Waals surface area (Å²) in [4.78, 5) is 25.6. The average Bonchev–Trinajstić information content (AvgIpc) is 3.36. The van der Waals surface area contributed by atoms with E-state index < -0.39 is 0 Å². The smallest absolute Gasteiger partial charge is 0.255 e. The molecule has 1 aliphatic rings. The summed E-state index contributed by atoms with van der Waals surface area (Å²) in [6.45, 7) is 3.01. The number of hydrogen-bond acceptors (Lipinski definition) is 7. The van der Waals surface area contributed by atoms with Gasteiger partial charge in [0.1, 0.15) is 17.4 Å². The molecule has 4 rings (SSSR count). The number of carbonyl (C=O) groups excluding carboxylic acids is 1. The molecule has 26 heavy (non-hydrogen) atoms. The van der Waals surface area contributed by atoms with Crippen molar-refractivity contribution in [2.24, 2.45) is 7.05 Å². The summed E-state index contributed by atoms with van der Waals surface area (Å²) >= 11 is 0. The lowest BCUT2D eigenvalue weighted by atomic mass is 10.2. The highest BCUT2D eigenvalue weighted by Crippen LogP contribution is 2.26. The number of aryl methyl sites for hydroxylation is 2. The van der Waals surface area contributed by atoms with Crippen LogP contribution in [0.1, 0.15) is 46.8 Å². The highest BCUT2D eigenvalue weighted by Gasteiger charge is 2.23. The Balaban J connectivity index is 1.39. The molecule has 0 bridgehead atoms. The molecule has 9 nitrogen and oxygen atoms in total. The van der Waals surface area contributed by atoms with Crippen LogP contribution in [-0.2, 0) is 18.2 Å². The van der Waals surface area contributed by atoms with Crippen LogP contribution in [0.3, 0.4) is 0 Å². The Morgan fingerprint density at radius 3 is 3.12 bits per heavy atom. The third-order valence-corrected chi connectivity index (χ3v) is 4.55. The number of aromatic nitrogens is 5. The van der Waals surface area contributed by atoms with Gasteiger partial charge in [-0.2, -0.15) is 4.98 Å². The zero-order valence-electron chi connectivity index (χ0n) is 14.7. The number of nitrogens with one attached hydrogen (secondary N) is 1. The highest BCUT2D eigenvalue weighted by atomic mass is 16.5. The molecule has 1 fully saturated rings. The minimum atomic E-state index is -0.196. The number of rotatable bonds is 5. The Bertz CT molecular complexity index is 941. The molecule has 1 aliphatic heterocycles. The normalized spacial score (nSPS) is 17.1. The number of fused-ring (bicyclic) bond motifs is 1. The molecular formula is C17H20N6O3. The van der Waals surface area contributed by atoms with Crippen molar-refractivity contribution in [2.45, 2.75) is 32.3 Å². The van der Waals surface area contributed by atoms with E-state index in [4.69, 9.17) is 9.26 Å². The van der Waals surface area contributed by atoms with Gasteiger partial charge in [-0.05, 0) is 25.8 Å². The van der Waals surface area contributed by atoms with Gasteiger partial charge in [0, 0.05) is 32.8 Å². The molecule has 0 aromatic carbocycles. The topological polar surface area (TPSA) is 108 Å². The van der Waals surface area contributed by atoms with Crippen molar-refractivity contribution in [3.63, 3.8) is 0 Å². The standard InChI is InChI=1S/C17H20N6O3/c1-10-20-14-11(5-7-18-15(14)23(10)2)16(24)19-8-6-13-21-17(26-22-13)12-4-3-9-25-12/h5,7,12H,3-4,6,8-9H2,1-2H3,(H,19,24). The van der Waals surface area contributed by atoms with Crippen LogP contribution in [0.2, 0.25) is 0 Å². The number of carbonyl (C=O) groups is 1. The van der Waals surface area contributed by atoms with E-state index in [1.54, 1.807) is 12.3 Å². The zero-order chi connectivity index (χ0) is 18.1. The van der Waals surface area contributed by atoms with Crippen molar-refractivity contribution in [1.82, 2.24) is 30.0 Å². The van der Waals surface area contributed by atoms with Crippen LogP contribution in [0, 0.1) is 6.92 Å². The number of imidazole rings is 1. The minimum Gasteiger partial charge on any atom is -0.368 e. The first-order valence-corrected chi connectivity index (χ1v) is 8.64. The first-order valence-electron chi connectivity index (χ1n) is 8.64. The van der Waals surface area contributed by atoms with Crippen LogP contribution in [0.4, 0.5) is 0 Å². The summed E-state index contributed by atoms with van der Waals surface area (Å²) in [6, 6.07) is 1.67. The average molecular weight is 356 g/mol. The fraction of sp³-hybridized carbons (Fsp3) is 0.471. The molecule has 1 amide bonds. The molecule has 0 radical (unpaired) electrons. The summed E-state index contributed by atoms with van der Waals surface area (Å²) in [5.74, 6) is 1.69. The summed E-state index contributed by atoms with van der Waals surface area (Å²) in [5.41, 5.74) is 1.80. The summed E-state index contributed by atoms with van der Waals surface area (Å²) in [5, 5.41) is 6.83. The maximum atomic E-state index is 12.5. The second kappa shape index (κ2) is 6.83. The van der Waals surface area contributed by atoms with Gasteiger partial charge in [-0.3, -0.25) is 4.79 Å². The molecule has 4 heterocycles. The van der Waals surface area contributed by atoms with Crippen molar-refractivity contribution in [3.8, 4) is 0 Å². The molecule has 1 atom stereocenters. The van der Waals surface area contributed by atoms with E-state index in [-0.39, 0.29) is 12.0 Å². The predicted octanol–water partition coefficient (Wildman–Crippen LogP) is 1.48. The van der Waals surface area contributed by atoms with E-state index in [1.807, 2.05) is 18.5 Å². The van der Waals surface area contributed by atoms with Crippen LogP contribution in [0.5, 0.6) is 0 Å². The largest absolute Gasteiger partial charge is 0.368 e. The molecule has 0 aliphatic carbocycles. The van der Waals surface area contributed by atoms with Crippen molar-refractivity contribution in [3.05, 3.63) is 35.4 Å². The van der Waals surface area contributed by atoms with E-state index in [9.17, 15) is 4.79 Å². The van der Waals surface area contributed by atoms with Gasteiger partial charge in [0.15, 0.2) is 11.5 Å². The number of nitrogens with zero attached hydrogens (tertiary/aromatic N) is 5. The van der Waals surface area contributed by atoms with Crippen molar-refractivity contribution in [1.29, 1.82) is 0 Å². The maximum absolute atomic E-state index is 12.5. The second-order valence-electron chi connectivity index (χ2n) is 6.31. The fourth-order valence-electron chi connectivity index (χ4n) is 3.03. The van der Waals surface area contributed by atoms with Gasteiger partial charge in [0.05, 0.1) is 5.56 Å². The molecule has 0 saturated carbocycles. The lowest BCUT2D eigenvalue weighted by Crippen LogP contribution is -2.26. The summed E-state index contributed by atoms with van der Waals surface area (Å²) < 4.78 is 12.6. The third-order valence-electron chi connectivity index (χ3n) is 4.55. The summed E-state index contributed by atoms with van der Waals surface area (Å²) in [7, 11) is 1.88. The molecule has 1 saturated heterocycles. The number of ether oxygens (including phenoxy) is 1. The Labute approximate surface area is 149 Å². The van der Waals surface area contributed by atoms with Gasteiger partial charge in [-0.15, -0.1) is 0 Å². The molecule has 3 aromatic heterocycles. The van der Waals surface area contributed by atoms with Crippen LogP contribution in [0.25, 0.3) is 11.2 Å². The van der Waals surface area contributed by atoms with Crippen molar-refractivity contribution < 1.29 is 14.1 Å². The fourth-order valence-corrected chi connectivity index (χ4v) is 3.03. The summed E-state index contributed by atoms with van der Waals surface area (Å²) in [6.07, 6.45) is 3.91. The van der Waals surface area contributed by atoms with Gasteiger partial charge in [0.2, 0.25) is 0 Å². The van der Waals surface area contributed by atoms with E-state index in [2.05, 4.69) is 25.4 Å². The minimum absolute atomic E-state index is 0.0941. The Morgan fingerprint density at radius 1 is 1.42 bits per heavy atom.